The van der Waals surface area contributed by atoms with Gasteiger partial charge in [0, 0.05) is 37.2 Å². The Bertz CT molecular complexity index is 918. The van der Waals surface area contributed by atoms with Gasteiger partial charge in [-0.3, -0.25) is 19.6 Å². The Labute approximate surface area is 158 Å². The van der Waals surface area contributed by atoms with E-state index in [4.69, 9.17) is 0 Å². The van der Waals surface area contributed by atoms with Gasteiger partial charge in [-0.05, 0) is 25.7 Å². The zero-order valence-electron chi connectivity index (χ0n) is 15.1. The van der Waals surface area contributed by atoms with Crippen LogP contribution in [0.25, 0.3) is 0 Å². The maximum atomic E-state index is 13.1. The monoisotopic (exact) mass is 396 g/mol. The van der Waals surface area contributed by atoms with E-state index in [1.807, 2.05) is 0 Å². The first-order chi connectivity index (χ1) is 13.3. The molecule has 28 heavy (non-hydrogen) atoms. The van der Waals surface area contributed by atoms with Crippen molar-refractivity contribution in [1.82, 2.24) is 25.1 Å². The van der Waals surface area contributed by atoms with E-state index in [0.29, 0.717) is 24.6 Å². The van der Waals surface area contributed by atoms with Crippen LogP contribution in [-0.4, -0.2) is 50.8 Å². The van der Waals surface area contributed by atoms with Gasteiger partial charge in [-0.1, -0.05) is 0 Å². The highest BCUT2D eigenvalue weighted by Crippen LogP contribution is 2.37. The van der Waals surface area contributed by atoms with Crippen molar-refractivity contribution >= 4 is 17.8 Å². The summed E-state index contributed by atoms with van der Waals surface area (Å²) in [6.07, 6.45) is -0.774. The lowest BCUT2D eigenvalue weighted by atomic mass is 9.86. The van der Waals surface area contributed by atoms with E-state index < -0.39 is 24.0 Å². The lowest BCUT2D eigenvalue weighted by Gasteiger charge is -2.24. The van der Waals surface area contributed by atoms with E-state index in [1.54, 1.807) is 24.0 Å². The van der Waals surface area contributed by atoms with Gasteiger partial charge in [0.2, 0.25) is 5.95 Å². The van der Waals surface area contributed by atoms with Crippen molar-refractivity contribution < 1.29 is 22.8 Å². The summed E-state index contributed by atoms with van der Waals surface area (Å²) in [4.78, 5) is 30.9. The Hall–Kier alpha value is -2.85. The molecule has 2 amide bonds. The molecule has 4 rings (SSSR count). The van der Waals surface area contributed by atoms with Crippen molar-refractivity contribution in [2.24, 2.45) is 5.92 Å². The minimum atomic E-state index is -4.32. The van der Waals surface area contributed by atoms with E-state index in [9.17, 15) is 22.8 Å². The van der Waals surface area contributed by atoms with Gasteiger partial charge in [-0.2, -0.15) is 18.3 Å². The first-order valence-corrected chi connectivity index (χ1v) is 8.98. The number of carbonyl (C=O) groups excluding carboxylic acids is 2. The summed E-state index contributed by atoms with van der Waals surface area (Å²) < 4.78 is 41.1. The number of hydrogen-bond acceptors (Lipinski definition) is 4. The van der Waals surface area contributed by atoms with Gasteiger partial charge in [0.25, 0.3) is 11.8 Å². The maximum Gasteiger partial charge on any atom is 0.392 e. The molecule has 2 aromatic heterocycles. The maximum absolute atomic E-state index is 13.1. The van der Waals surface area contributed by atoms with Crippen LogP contribution < -0.4 is 10.2 Å². The fraction of sp³-hybridized carbons (Fsp3) is 0.529. The molecule has 0 aromatic carbocycles. The predicted molar refractivity (Wildman–Crippen MR) is 91.7 cm³/mol. The van der Waals surface area contributed by atoms with Crippen LogP contribution in [0.4, 0.5) is 19.1 Å². The van der Waals surface area contributed by atoms with Crippen LogP contribution in [0.15, 0.2) is 12.4 Å². The van der Waals surface area contributed by atoms with Crippen molar-refractivity contribution in [3.63, 3.8) is 0 Å². The highest BCUT2D eigenvalue weighted by molar-refractivity contribution is 6.01. The second-order valence-electron chi connectivity index (χ2n) is 7.14. The normalized spacial score (nSPS) is 22.4. The SMILES string of the molecule is CN1C(=O)C(NC(=O)c2n[nH]c3c2C[C@@H](C(F)(F)F)CC3)CCn2ccnc21. The second-order valence-corrected chi connectivity index (χ2v) is 7.14. The largest absolute Gasteiger partial charge is 0.392 e. The predicted octanol–water partition coefficient (Wildman–Crippen LogP) is 1.44. The Balaban J connectivity index is 1.52. The third kappa shape index (κ3) is 3.14. The number of H-pyrrole nitrogens is 1. The van der Waals surface area contributed by atoms with Crippen molar-refractivity contribution in [2.75, 3.05) is 11.9 Å². The number of aromatic nitrogens is 4. The van der Waals surface area contributed by atoms with Crippen molar-refractivity contribution in [3.8, 4) is 0 Å². The molecule has 0 bridgehead atoms. The molecule has 1 aliphatic carbocycles. The molecule has 0 radical (unpaired) electrons. The Morgan fingerprint density at radius 3 is 2.89 bits per heavy atom. The van der Waals surface area contributed by atoms with Gasteiger partial charge >= 0.3 is 6.18 Å². The number of nitrogens with one attached hydrogen (secondary N) is 2. The number of aryl methyl sites for hydroxylation is 2. The van der Waals surface area contributed by atoms with Crippen LogP contribution >= 0.6 is 0 Å². The number of anilines is 1. The summed E-state index contributed by atoms with van der Waals surface area (Å²) in [6.45, 7) is 0.477. The van der Waals surface area contributed by atoms with E-state index in [2.05, 4.69) is 20.5 Å². The number of fused-ring (bicyclic) bond motifs is 2. The average Bonchev–Trinajstić information content (AvgIpc) is 3.26. The molecule has 3 heterocycles. The van der Waals surface area contributed by atoms with Gasteiger partial charge in [-0.15, -0.1) is 0 Å². The van der Waals surface area contributed by atoms with Crippen LogP contribution in [0.2, 0.25) is 0 Å². The fourth-order valence-electron chi connectivity index (χ4n) is 3.82. The summed E-state index contributed by atoms with van der Waals surface area (Å²) in [6, 6.07) is -0.812. The molecular weight excluding hydrogens is 377 g/mol. The fourth-order valence-corrected chi connectivity index (χ4v) is 3.82. The van der Waals surface area contributed by atoms with Crippen LogP contribution in [0.1, 0.15) is 34.6 Å². The third-order valence-electron chi connectivity index (χ3n) is 5.41. The summed E-state index contributed by atoms with van der Waals surface area (Å²) >= 11 is 0. The lowest BCUT2D eigenvalue weighted by molar-refractivity contribution is -0.177. The van der Waals surface area contributed by atoms with Gasteiger partial charge in [-0.25, -0.2) is 4.98 Å². The molecule has 1 aliphatic heterocycles. The number of carbonyl (C=O) groups is 2. The first-order valence-electron chi connectivity index (χ1n) is 8.98. The molecular formula is C17H19F3N6O2. The quantitative estimate of drug-likeness (QED) is 0.803. The van der Waals surface area contributed by atoms with Crippen LogP contribution in [0.3, 0.4) is 0 Å². The standard InChI is InChI=1S/C17H19F3N6O2/c1-25-15(28)12(4-6-26-7-5-21-16(25)26)22-14(27)13-10-8-9(17(18,19)20)2-3-11(10)23-24-13/h5,7,9,12H,2-4,6,8H2,1H3,(H,22,27)(H,23,24)/t9-,12?/m0/s1. The van der Waals surface area contributed by atoms with Crippen LogP contribution in [0, 0.1) is 5.92 Å². The van der Waals surface area contributed by atoms with Crippen LogP contribution in [-0.2, 0) is 24.2 Å². The van der Waals surface area contributed by atoms with Crippen LogP contribution in [0.5, 0.6) is 0 Å². The topological polar surface area (TPSA) is 95.9 Å². The number of hydrogen-bond donors (Lipinski definition) is 2. The number of halogens is 3. The van der Waals surface area contributed by atoms with E-state index in [-0.39, 0.29) is 36.4 Å². The molecule has 2 N–H and O–H groups in total. The highest BCUT2D eigenvalue weighted by atomic mass is 19.4. The van der Waals surface area contributed by atoms with Crippen molar-refractivity contribution in [1.29, 1.82) is 0 Å². The first kappa shape index (κ1) is 18.5. The molecule has 2 atom stereocenters. The molecule has 0 saturated heterocycles. The van der Waals surface area contributed by atoms with E-state index in [0.717, 1.165) is 0 Å². The number of aromatic amines is 1. The summed E-state index contributed by atoms with van der Waals surface area (Å²) in [5, 5.41) is 9.24. The number of alkyl halides is 3. The number of rotatable bonds is 2. The van der Waals surface area contributed by atoms with Gasteiger partial charge < -0.3 is 9.88 Å². The zero-order chi connectivity index (χ0) is 20.1. The van der Waals surface area contributed by atoms with Gasteiger partial charge in [0.1, 0.15) is 6.04 Å². The molecule has 150 valence electrons. The molecule has 0 fully saturated rings. The second kappa shape index (κ2) is 6.64. The highest BCUT2D eigenvalue weighted by Gasteiger charge is 2.43. The minimum absolute atomic E-state index is 0.0306. The molecule has 0 spiro atoms. The number of amides is 2. The summed E-state index contributed by atoms with van der Waals surface area (Å²) in [5.74, 6) is -2.00. The Morgan fingerprint density at radius 2 is 2.14 bits per heavy atom. The Morgan fingerprint density at radius 1 is 1.36 bits per heavy atom. The number of likely N-dealkylation sites (N-methyl/N-ethyl adjacent to an activating group) is 1. The average molecular weight is 396 g/mol. The Kier molecular flexibility index (Phi) is 4.39. The molecule has 8 nitrogen and oxygen atoms in total. The summed E-state index contributed by atoms with van der Waals surface area (Å²) in [7, 11) is 1.57. The molecule has 1 unspecified atom stereocenters. The van der Waals surface area contributed by atoms with E-state index >= 15 is 0 Å². The number of nitrogens with zero attached hydrogens (tertiary/aromatic N) is 4. The molecule has 2 aromatic rings. The third-order valence-corrected chi connectivity index (χ3v) is 5.41. The van der Waals surface area contributed by atoms with E-state index in [1.165, 1.54) is 4.90 Å². The van der Waals surface area contributed by atoms with Crippen molar-refractivity contribution in [2.45, 2.75) is 44.4 Å². The molecule has 0 saturated carbocycles. The van der Waals surface area contributed by atoms with Gasteiger partial charge in [0.15, 0.2) is 5.69 Å². The molecule has 11 heteroatoms. The molecule has 2 aliphatic rings. The lowest BCUT2D eigenvalue weighted by Crippen LogP contribution is -2.47. The minimum Gasteiger partial charge on any atom is -0.339 e. The zero-order valence-corrected chi connectivity index (χ0v) is 15.1. The summed E-state index contributed by atoms with van der Waals surface area (Å²) in [5.41, 5.74) is 0.768. The van der Waals surface area contributed by atoms with Crippen molar-refractivity contribution in [3.05, 3.63) is 29.3 Å². The number of imidazole rings is 1. The van der Waals surface area contributed by atoms with Gasteiger partial charge in [0.05, 0.1) is 5.92 Å². The smallest absolute Gasteiger partial charge is 0.339 e.